The van der Waals surface area contributed by atoms with Crippen molar-refractivity contribution in [2.45, 2.75) is 78.2 Å². The SMILES string of the molecule is CCCCn1nc(C)c(/C=N\NC(=O)CC23CC4CC(CC(C4)C2)C3)c1Cl. The van der Waals surface area contributed by atoms with Crippen molar-refractivity contribution < 1.29 is 4.79 Å². The quantitative estimate of drug-likeness (QED) is 0.541. The third-order valence-electron chi connectivity index (χ3n) is 6.92. The van der Waals surface area contributed by atoms with Crippen LogP contribution in [0.15, 0.2) is 5.10 Å². The van der Waals surface area contributed by atoms with Gasteiger partial charge in [0, 0.05) is 13.0 Å². The van der Waals surface area contributed by atoms with Gasteiger partial charge in [0.05, 0.1) is 17.5 Å². The van der Waals surface area contributed by atoms with E-state index in [9.17, 15) is 4.79 Å². The molecule has 0 spiro atoms. The van der Waals surface area contributed by atoms with E-state index in [0.29, 0.717) is 11.6 Å². The van der Waals surface area contributed by atoms with Crippen LogP contribution in [0.5, 0.6) is 0 Å². The highest BCUT2D eigenvalue weighted by Crippen LogP contribution is 2.61. The Labute approximate surface area is 166 Å². The van der Waals surface area contributed by atoms with E-state index in [1.165, 1.54) is 38.5 Å². The van der Waals surface area contributed by atoms with Gasteiger partial charge >= 0.3 is 0 Å². The molecule has 1 amide bonds. The van der Waals surface area contributed by atoms with E-state index in [4.69, 9.17) is 11.6 Å². The van der Waals surface area contributed by atoms with Crippen LogP contribution in [0.3, 0.4) is 0 Å². The summed E-state index contributed by atoms with van der Waals surface area (Å²) in [6, 6.07) is 0. The average Bonchev–Trinajstić information content (AvgIpc) is 2.85. The summed E-state index contributed by atoms with van der Waals surface area (Å²) in [5.41, 5.74) is 4.63. The summed E-state index contributed by atoms with van der Waals surface area (Å²) in [4.78, 5) is 12.6. The zero-order valence-electron chi connectivity index (χ0n) is 16.5. The fourth-order valence-corrected chi connectivity index (χ4v) is 6.53. The zero-order valence-corrected chi connectivity index (χ0v) is 17.3. The summed E-state index contributed by atoms with van der Waals surface area (Å²) < 4.78 is 1.82. The first-order chi connectivity index (χ1) is 13.0. The minimum absolute atomic E-state index is 0.0420. The van der Waals surface area contributed by atoms with Crippen molar-refractivity contribution in [3.05, 3.63) is 16.4 Å². The van der Waals surface area contributed by atoms with Crippen molar-refractivity contribution in [1.29, 1.82) is 0 Å². The maximum Gasteiger partial charge on any atom is 0.240 e. The van der Waals surface area contributed by atoms with E-state index >= 15 is 0 Å². The summed E-state index contributed by atoms with van der Waals surface area (Å²) in [7, 11) is 0. The molecule has 0 saturated heterocycles. The van der Waals surface area contributed by atoms with Gasteiger partial charge in [0.15, 0.2) is 0 Å². The number of aryl methyl sites for hydroxylation is 2. The fourth-order valence-electron chi connectivity index (χ4n) is 6.23. The smallest absolute Gasteiger partial charge is 0.240 e. The number of carbonyl (C=O) groups is 1. The van der Waals surface area contributed by atoms with Gasteiger partial charge in [0.25, 0.3) is 0 Å². The van der Waals surface area contributed by atoms with Crippen molar-refractivity contribution in [2.75, 3.05) is 0 Å². The summed E-state index contributed by atoms with van der Waals surface area (Å²) >= 11 is 6.42. The monoisotopic (exact) mass is 390 g/mol. The van der Waals surface area contributed by atoms with E-state index in [2.05, 4.69) is 22.5 Å². The van der Waals surface area contributed by atoms with E-state index < -0.39 is 0 Å². The molecule has 0 aromatic carbocycles. The lowest BCUT2D eigenvalue weighted by atomic mass is 9.49. The molecule has 5 rings (SSSR count). The van der Waals surface area contributed by atoms with Gasteiger partial charge in [0.2, 0.25) is 5.91 Å². The topological polar surface area (TPSA) is 59.3 Å². The molecule has 4 aliphatic carbocycles. The average molecular weight is 391 g/mol. The Morgan fingerprint density at radius 3 is 2.52 bits per heavy atom. The Balaban J connectivity index is 1.35. The maximum absolute atomic E-state index is 12.6. The first-order valence-corrected chi connectivity index (χ1v) is 10.9. The molecule has 1 aromatic rings. The van der Waals surface area contributed by atoms with Crippen molar-refractivity contribution in [2.24, 2.45) is 28.3 Å². The number of nitrogens with zero attached hydrogens (tertiary/aromatic N) is 3. The number of carbonyl (C=O) groups excluding carboxylic acids is 1. The van der Waals surface area contributed by atoms with Gasteiger partial charge in [-0.15, -0.1) is 0 Å². The van der Waals surface area contributed by atoms with Crippen LogP contribution in [0.2, 0.25) is 5.15 Å². The molecule has 6 heteroatoms. The number of hydrogen-bond acceptors (Lipinski definition) is 3. The van der Waals surface area contributed by atoms with Crippen LogP contribution in [-0.4, -0.2) is 21.9 Å². The summed E-state index contributed by atoms with van der Waals surface area (Å²) in [5.74, 6) is 2.63. The van der Waals surface area contributed by atoms with Crippen molar-refractivity contribution in [3.8, 4) is 0 Å². The lowest BCUT2D eigenvalue weighted by Gasteiger charge is -2.56. The van der Waals surface area contributed by atoms with Gasteiger partial charge in [-0.1, -0.05) is 24.9 Å². The van der Waals surface area contributed by atoms with Crippen LogP contribution < -0.4 is 5.43 Å². The minimum Gasteiger partial charge on any atom is -0.273 e. The third-order valence-corrected chi connectivity index (χ3v) is 7.32. The van der Waals surface area contributed by atoms with Gasteiger partial charge in [-0.05, 0) is 75.0 Å². The van der Waals surface area contributed by atoms with Gasteiger partial charge in [-0.2, -0.15) is 10.2 Å². The molecule has 148 valence electrons. The van der Waals surface area contributed by atoms with E-state index in [1.807, 2.05) is 11.6 Å². The van der Waals surface area contributed by atoms with E-state index in [1.54, 1.807) is 6.21 Å². The number of unbranched alkanes of at least 4 members (excludes halogenated alkanes) is 1. The normalized spacial score (nSPS) is 31.7. The summed E-state index contributed by atoms with van der Waals surface area (Å²) in [5, 5.41) is 9.26. The Bertz CT molecular complexity index is 704. The second-order valence-corrected chi connectivity index (χ2v) is 9.61. The second kappa shape index (κ2) is 7.57. The molecule has 0 unspecified atom stereocenters. The van der Waals surface area contributed by atoms with Crippen LogP contribution in [-0.2, 0) is 11.3 Å². The molecular weight excluding hydrogens is 360 g/mol. The number of hydrazone groups is 1. The molecule has 5 nitrogen and oxygen atoms in total. The molecule has 4 saturated carbocycles. The lowest BCUT2D eigenvalue weighted by Crippen LogP contribution is -2.47. The number of rotatable bonds is 7. The first kappa shape index (κ1) is 19.0. The summed E-state index contributed by atoms with van der Waals surface area (Å²) in [6.07, 6.45) is 12.3. The maximum atomic E-state index is 12.6. The molecule has 27 heavy (non-hydrogen) atoms. The predicted molar refractivity (Wildman–Crippen MR) is 108 cm³/mol. The Hall–Kier alpha value is -1.36. The second-order valence-electron chi connectivity index (χ2n) is 9.25. The van der Waals surface area contributed by atoms with Gasteiger partial charge in [-0.3, -0.25) is 9.48 Å². The van der Waals surface area contributed by atoms with Crippen molar-refractivity contribution in [1.82, 2.24) is 15.2 Å². The van der Waals surface area contributed by atoms with Gasteiger partial charge in [0.1, 0.15) is 5.15 Å². The molecular formula is C21H31ClN4O. The standard InChI is InChI=1S/C21H31ClN4O/c1-3-4-5-26-20(22)18(14(2)25-26)13-23-24-19(27)12-21-9-15-6-16(10-21)8-17(7-15)11-21/h13,15-17H,3-12H2,1-2H3,(H,24,27)/b23-13-. The molecule has 1 N–H and O–H groups in total. The van der Waals surface area contributed by atoms with Crippen LogP contribution in [0.25, 0.3) is 0 Å². The Kier molecular flexibility index (Phi) is 5.32. The molecule has 1 aromatic heterocycles. The number of nitrogens with one attached hydrogen (secondary N) is 1. The highest BCUT2D eigenvalue weighted by Gasteiger charge is 2.51. The Morgan fingerprint density at radius 2 is 1.93 bits per heavy atom. The number of hydrogen-bond donors (Lipinski definition) is 1. The molecule has 4 fully saturated rings. The molecule has 0 radical (unpaired) electrons. The van der Waals surface area contributed by atoms with E-state index in [0.717, 1.165) is 48.4 Å². The van der Waals surface area contributed by atoms with Crippen LogP contribution in [0.4, 0.5) is 0 Å². The van der Waals surface area contributed by atoms with Crippen LogP contribution in [0.1, 0.15) is 76.0 Å². The van der Waals surface area contributed by atoms with Crippen molar-refractivity contribution >= 4 is 23.7 Å². The fraction of sp³-hybridized carbons (Fsp3) is 0.762. The number of amides is 1. The molecule has 1 heterocycles. The zero-order chi connectivity index (χ0) is 19.0. The van der Waals surface area contributed by atoms with Gasteiger partial charge < -0.3 is 0 Å². The van der Waals surface area contributed by atoms with Crippen LogP contribution >= 0.6 is 11.6 Å². The highest BCUT2D eigenvalue weighted by atomic mass is 35.5. The lowest BCUT2D eigenvalue weighted by molar-refractivity contribution is -0.129. The summed E-state index contributed by atoms with van der Waals surface area (Å²) in [6.45, 7) is 4.88. The predicted octanol–water partition coefficient (Wildman–Crippen LogP) is 4.70. The minimum atomic E-state index is 0.0420. The van der Waals surface area contributed by atoms with E-state index in [-0.39, 0.29) is 11.3 Å². The molecule has 4 aliphatic rings. The molecule has 4 bridgehead atoms. The van der Waals surface area contributed by atoms with Crippen molar-refractivity contribution in [3.63, 3.8) is 0 Å². The first-order valence-electron chi connectivity index (χ1n) is 10.5. The molecule has 0 atom stereocenters. The largest absolute Gasteiger partial charge is 0.273 e. The molecule has 0 aliphatic heterocycles. The van der Waals surface area contributed by atoms with Gasteiger partial charge in [-0.25, -0.2) is 5.43 Å². The number of aromatic nitrogens is 2. The van der Waals surface area contributed by atoms with Crippen LogP contribution in [0, 0.1) is 30.1 Å². The highest BCUT2D eigenvalue weighted by molar-refractivity contribution is 6.32. The Morgan fingerprint density at radius 1 is 1.30 bits per heavy atom. The third kappa shape index (κ3) is 3.94. The number of halogens is 1.